The third-order valence-electron chi connectivity index (χ3n) is 23.2. The van der Waals surface area contributed by atoms with Crippen molar-refractivity contribution in [1.29, 1.82) is 0 Å². The average Bonchev–Trinajstić information content (AvgIpc) is 1.62. The van der Waals surface area contributed by atoms with Crippen LogP contribution in [-0.2, 0) is 102 Å². The number of esters is 2. The highest BCUT2D eigenvalue weighted by atomic mass is 28.4. The number of hydrogen-bond donors (Lipinski definition) is 4. The number of unbranched alkanes of at least 4 members (excludes halogenated alkanes) is 2. The van der Waals surface area contributed by atoms with Gasteiger partial charge in [-0.05, 0) is 201 Å². The van der Waals surface area contributed by atoms with Gasteiger partial charge in [-0.2, -0.15) is 0 Å². The topological polar surface area (TPSA) is 312 Å². The quantitative estimate of drug-likeness (QED) is 0.0161. The SMILES string of the molecule is C.COC(=O)CCCCC(=O)N[C@@H](C)C(=O)C[C@@H](C)C(=O)Nc1cc(COc2cc3c(cc2OC)C(=O)N2c4ccccc4C[C@H]2C=N3)cc(CO[Si](C)(C)C(C)(C)C)c1.COC(=O)CCCCC(=O)N[C@@H](C)C(=O)C[C@@H](C)C(=O)Nc1cc(COc2cc3c(cc2OC)C(=O)N2c4ccccc4C[C@H]2CC3)cc(CO[Si](C)(C)C(C)(C)C)c1. The van der Waals surface area contributed by atoms with E-state index in [0.717, 1.165) is 64.0 Å². The average molecular weight is 1670 g/mol. The van der Waals surface area contributed by atoms with Crippen LogP contribution in [0, 0.1) is 11.8 Å². The minimum atomic E-state index is -2.13. The van der Waals surface area contributed by atoms with Gasteiger partial charge in [0.1, 0.15) is 13.2 Å². The molecule has 642 valence electrons. The van der Waals surface area contributed by atoms with E-state index in [-0.39, 0.29) is 140 Å². The number of aliphatic imine (C=N–C) groups is 1. The number of fused-ring (bicyclic) bond motifs is 8. The number of methoxy groups -OCH3 is 4. The third-order valence-corrected chi connectivity index (χ3v) is 32.1. The van der Waals surface area contributed by atoms with Crippen LogP contribution in [0.3, 0.4) is 0 Å². The maximum absolute atomic E-state index is 14.0. The predicted molar refractivity (Wildman–Crippen MR) is 467 cm³/mol. The number of nitrogens with zero attached hydrogens (tertiary/aromatic N) is 3. The Morgan fingerprint density at radius 3 is 1.36 bits per heavy atom. The molecular formula is C92H123N7O18Si2. The van der Waals surface area contributed by atoms with Gasteiger partial charge in [0.15, 0.2) is 51.2 Å². The molecule has 6 atom stereocenters. The lowest BCUT2D eigenvalue weighted by Gasteiger charge is -2.36. The molecule has 10 rings (SSSR count). The number of ketones is 2. The van der Waals surface area contributed by atoms with Gasteiger partial charge in [0, 0.05) is 103 Å². The van der Waals surface area contributed by atoms with E-state index in [1.54, 1.807) is 57.9 Å². The number of benzene rings is 6. The van der Waals surface area contributed by atoms with Gasteiger partial charge in [-0.3, -0.25) is 57.8 Å². The predicted octanol–water partition coefficient (Wildman–Crippen LogP) is 16.6. The molecule has 0 bridgehead atoms. The van der Waals surface area contributed by atoms with E-state index in [0.29, 0.717) is 96.5 Å². The van der Waals surface area contributed by atoms with Crippen molar-refractivity contribution in [1.82, 2.24) is 10.6 Å². The first-order chi connectivity index (χ1) is 55.8. The van der Waals surface area contributed by atoms with Crippen LogP contribution >= 0.6 is 0 Å². The number of carbonyl (C=O) groups excluding carboxylic acids is 10. The molecule has 0 saturated carbocycles. The van der Waals surface area contributed by atoms with Crippen LogP contribution in [0.2, 0.25) is 36.3 Å². The summed E-state index contributed by atoms with van der Waals surface area (Å²) in [6.45, 7) is 29.3. The number of carbonyl (C=O) groups is 10. The number of anilines is 4. The van der Waals surface area contributed by atoms with Gasteiger partial charge in [0.25, 0.3) is 11.8 Å². The second-order valence-corrected chi connectivity index (χ2v) is 43.9. The number of amides is 6. The van der Waals surface area contributed by atoms with Crippen molar-refractivity contribution in [3.05, 3.63) is 159 Å². The zero-order valence-corrected chi connectivity index (χ0v) is 73.9. The van der Waals surface area contributed by atoms with Gasteiger partial charge >= 0.3 is 11.9 Å². The van der Waals surface area contributed by atoms with Gasteiger partial charge in [-0.25, -0.2) is 0 Å². The minimum absolute atomic E-state index is 0. The lowest BCUT2D eigenvalue weighted by molar-refractivity contribution is -0.141. The van der Waals surface area contributed by atoms with Crippen molar-refractivity contribution in [2.24, 2.45) is 16.8 Å². The number of rotatable bonds is 36. The number of para-hydroxylation sites is 2. The lowest BCUT2D eigenvalue weighted by atomic mass is 9.99. The Morgan fingerprint density at radius 2 is 0.908 bits per heavy atom. The molecule has 6 amide bonds. The molecule has 4 heterocycles. The summed E-state index contributed by atoms with van der Waals surface area (Å²) in [4.78, 5) is 137. The van der Waals surface area contributed by atoms with E-state index < -0.39 is 40.6 Å². The number of aryl methyl sites for hydroxylation is 1. The van der Waals surface area contributed by atoms with Crippen LogP contribution in [0.1, 0.15) is 207 Å². The number of Topliss-reactive ketones (excluding diaryl/α,β-unsaturated/α-hetero) is 2. The highest BCUT2D eigenvalue weighted by molar-refractivity contribution is 6.74. The van der Waals surface area contributed by atoms with Crippen LogP contribution in [0.15, 0.2) is 114 Å². The first-order valence-corrected chi connectivity index (χ1v) is 46.6. The van der Waals surface area contributed by atoms with Gasteiger partial charge < -0.3 is 63.4 Å². The van der Waals surface area contributed by atoms with Crippen molar-refractivity contribution in [2.75, 3.05) is 48.9 Å². The van der Waals surface area contributed by atoms with E-state index in [4.69, 9.17) is 32.8 Å². The summed E-state index contributed by atoms with van der Waals surface area (Å²) in [5, 5.41) is 11.4. The fourth-order valence-corrected chi connectivity index (χ4v) is 15.9. The van der Waals surface area contributed by atoms with Gasteiger partial charge in [0.2, 0.25) is 23.6 Å². The summed E-state index contributed by atoms with van der Waals surface area (Å²) < 4.78 is 46.6. The van der Waals surface area contributed by atoms with E-state index in [9.17, 15) is 47.9 Å². The van der Waals surface area contributed by atoms with Crippen LogP contribution in [0.25, 0.3) is 0 Å². The Kier molecular flexibility index (Phi) is 32.9. The number of ether oxygens (including phenoxy) is 6. The Morgan fingerprint density at radius 1 is 0.496 bits per heavy atom. The second-order valence-electron chi connectivity index (χ2n) is 34.3. The first-order valence-electron chi connectivity index (χ1n) is 40.8. The van der Waals surface area contributed by atoms with Gasteiger partial charge in [0.05, 0.1) is 71.0 Å². The molecule has 0 saturated heterocycles. The monoisotopic (exact) mass is 1670 g/mol. The molecule has 0 aromatic heterocycles. The summed E-state index contributed by atoms with van der Waals surface area (Å²) in [5.74, 6) is -2.28. The minimum Gasteiger partial charge on any atom is -0.493 e. The number of nitrogens with one attached hydrogen (secondary N) is 4. The van der Waals surface area contributed by atoms with E-state index in [2.05, 4.69) is 105 Å². The normalized spacial score (nSPS) is 15.6. The van der Waals surface area contributed by atoms with Crippen molar-refractivity contribution >= 4 is 110 Å². The molecule has 0 fully saturated rings. The molecule has 6 aromatic carbocycles. The second kappa shape index (κ2) is 41.6. The standard InChI is InChI=1S/C46H61N3O9Si.C45H58N4O9Si.CH4/c1-29(20-39(50)30(2)47-42(51)16-12-13-17-43(52)56-7)44(53)48-35-22-31(21-32(23-35)28-58-59(8,9)46(3,4)5)27-57-41-25-33-18-19-36-24-34-14-10-11-15-38(34)49(36)45(54)37(33)26-40(41)55-6;1-28(18-38(50)29(2)47-41(51)16-12-13-17-42(52)56-7)43(53)48-33-20-30(19-31(21-33)27-58-59(8,9)45(3,4)5)26-57-40-24-36-35(23-39(40)55-6)44(54)49-34(25-46-36)22-32-14-10-11-15-37(32)49;/h10-11,14-15,21-23,25-26,29-30,36H,12-13,16-20,24,27-28H2,1-9H3,(H,47,51)(H,48,53);10-11,14-15,19-21,23-25,28-29,34H,12-13,16-18,22,26-27H2,1-9H3,(H,47,51)(H,48,53);1H4/t29-,30+,36-;28-,29+,34+;/m11./s1. The smallest absolute Gasteiger partial charge is 0.305 e. The Bertz CT molecular complexity index is 4720. The lowest BCUT2D eigenvalue weighted by Crippen LogP contribution is -2.40. The Hall–Kier alpha value is -10.4. The van der Waals surface area contributed by atoms with Gasteiger partial charge in [-0.1, -0.05) is 99.2 Å². The van der Waals surface area contributed by atoms with E-state index >= 15 is 0 Å². The summed E-state index contributed by atoms with van der Waals surface area (Å²) in [6, 6.07) is 32.8. The Labute approximate surface area is 703 Å². The fourth-order valence-electron chi connectivity index (χ4n) is 13.9. The third kappa shape index (κ3) is 24.9. The molecule has 0 radical (unpaired) electrons. The summed E-state index contributed by atoms with van der Waals surface area (Å²) in [6.07, 6.45) is 7.54. The molecular weight excluding hydrogens is 1550 g/mol. The molecule has 4 N–H and O–H groups in total. The molecule has 6 aromatic rings. The van der Waals surface area contributed by atoms with Crippen molar-refractivity contribution in [2.45, 2.75) is 253 Å². The van der Waals surface area contributed by atoms with Crippen molar-refractivity contribution in [3.63, 3.8) is 0 Å². The summed E-state index contributed by atoms with van der Waals surface area (Å²) >= 11 is 0. The zero-order valence-electron chi connectivity index (χ0n) is 71.9. The maximum atomic E-state index is 14.0. The number of hydrogen-bond acceptors (Lipinski definition) is 19. The Balaban J connectivity index is 0.000000294. The molecule has 27 heteroatoms. The van der Waals surface area contributed by atoms with E-state index in [1.165, 1.54) is 26.9 Å². The first kappa shape index (κ1) is 94.1. The van der Waals surface area contributed by atoms with Crippen LogP contribution in [0.4, 0.5) is 28.4 Å². The van der Waals surface area contributed by atoms with Gasteiger partial charge in [-0.15, -0.1) is 0 Å². The van der Waals surface area contributed by atoms with Crippen LogP contribution in [-0.4, -0.2) is 134 Å². The van der Waals surface area contributed by atoms with Crippen LogP contribution < -0.4 is 50.0 Å². The molecule has 0 spiro atoms. The molecule has 0 unspecified atom stereocenters. The van der Waals surface area contributed by atoms with Crippen molar-refractivity contribution < 1.29 is 85.2 Å². The summed E-state index contributed by atoms with van der Waals surface area (Å²) in [7, 11) is 1.48. The molecule has 0 aliphatic carbocycles. The van der Waals surface area contributed by atoms with Crippen LogP contribution in [0.5, 0.6) is 23.0 Å². The fraction of sp³-hybridized carbons (Fsp3) is 0.489. The largest absolute Gasteiger partial charge is 0.493 e. The zero-order chi connectivity index (χ0) is 86.1. The highest BCUT2D eigenvalue weighted by Crippen LogP contribution is 2.45. The summed E-state index contributed by atoms with van der Waals surface area (Å²) in [5.41, 5.74) is 10.8. The molecule has 119 heavy (non-hydrogen) atoms. The molecule has 25 nitrogen and oxygen atoms in total. The highest BCUT2D eigenvalue weighted by Gasteiger charge is 2.42. The van der Waals surface area contributed by atoms with E-state index in [1.807, 2.05) is 96.0 Å². The maximum Gasteiger partial charge on any atom is 0.305 e. The molecule has 4 aliphatic heterocycles. The molecule has 4 aliphatic rings. The van der Waals surface area contributed by atoms with Crippen molar-refractivity contribution in [3.8, 4) is 23.0 Å².